The summed E-state index contributed by atoms with van der Waals surface area (Å²) < 4.78 is 2.12. The molecule has 0 fully saturated rings. The maximum Gasteiger partial charge on any atom is 0.331 e. The lowest BCUT2D eigenvalue weighted by atomic mass is 10.2. The third-order valence-electron chi connectivity index (χ3n) is 4.90. The van der Waals surface area contributed by atoms with Gasteiger partial charge in [-0.05, 0) is 36.8 Å². The highest BCUT2D eigenvalue weighted by Gasteiger charge is 2.16. The molecule has 3 rings (SSSR count). The highest BCUT2D eigenvalue weighted by Crippen LogP contribution is 2.21. The van der Waals surface area contributed by atoms with E-state index in [-0.39, 0.29) is 13.0 Å². The summed E-state index contributed by atoms with van der Waals surface area (Å²) in [5.41, 5.74) is 1.08. The second kappa shape index (κ2) is 11.3. The molecular weight excluding hydrogens is 478 g/mol. The van der Waals surface area contributed by atoms with Gasteiger partial charge in [0.2, 0.25) is 11.8 Å². The van der Waals surface area contributed by atoms with Crippen molar-refractivity contribution in [2.75, 3.05) is 10.6 Å². The van der Waals surface area contributed by atoms with Gasteiger partial charge >= 0.3 is 17.7 Å². The first-order chi connectivity index (χ1) is 16.6. The lowest BCUT2D eigenvalue weighted by Crippen LogP contribution is -2.38. The molecule has 0 saturated heterocycles. The van der Waals surface area contributed by atoms with E-state index in [9.17, 15) is 24.3 Å². The van der Waals surface area contributed by atoms with Gasteiger partial charge < -0.3 is 26.2 Å². The minimum absolute atomic E-state index is 0.114. The molecule has 0 radical (unpaired) electrons. The van der Waals surface area contributed by atoms with Crippen LogP contribution in [0.4, 0.5) is 16.2 Å². The van der Waals surface area contributed by atoms with Crippen LogP contribution in [-0.4, -0.2) is 43.3 Å². The van der Waals surface area contributed by atoms with Crippen molar-refractivity contribution in [2.45, 2.75) is 32.5 Å². The Kier molecular flexibility index (Phi) is 8.16. The number of hydrogen-bond acceptors (Lipinski definition) is 5. The number of aromatic hydroxyl groups is 1. The standard InChI is InChI=1S/C23H24ClN5O6/c1-14(10-21(32)33)25-19(30)12-29-20(31)13-28(23(29)35)11-15-6-8-16(9-7-15)26-22(34)27-18-5-3-2-4-17(18)24/h2-9,13-14,31H,10-12H2,1H3,(H,25,30)(H,32,33)(H2,26,27,34)/t14-/m1/s1. The summed E-state index contributed by atoms with van der Waals surface area (Å²) in [6.07, 6.45) is 0.944. The number of carbonyl (C=O) groups is 3. The Morgan fingerprint density at radius 1 is 1.06 bits per heavy atom. The van der Waals surface area contributed by atoms with Crippen molar-refractivity contribution in [1.29, 1.82) is 0 Å². The highest BCUT2D eigenvalue weighted by atomic mass is 35.5. The predicted octanol–water partition coefficient (Wildman–Crippen LogP) is 2.68. The van der Waals surface area contributed by atoms with Gasteiger partial charge in [-0.2, -0.15) is 0 Å². The van der Waals surface area contributed by atoms with E-state index in [1.165, 1.54) is 17.7 Å². The summed E-state index contributed by atoms with van der Waals surface area (Å²) in [6.45, 7) is 1.19. The zero-order valence-corrected chi connectivity index (χ0v) is 19.5. The Balaban J connectivity index is 1.60. The van der Waals surface area contributed by atoms with Crippen LogP contribution in [0.5, 0.6) is 5.88 Å². The number of nitrogens with one attached hydrogen (secondary N) is 3. The van der Waals surface area contributed by atoms with Crippen LogP contribution in [0.1, 0.15) is 18.9 Å². The van der Waals surface area contributed by atoms with Gasteiger partial charge in [0.05, 0.1) is 29.9 Å². The van der Waals surface area contributed by atoms with Crippen molar-refractivity contribution in [2.24, 2.45) is 0 Å². The number of para-hydroxylation sites is 1. The van der Waals surface area contributed by atoms with Crippen LogP contribution in [0.15, 0.2) is 59.5 Å². The average molecular weight is 502 g/mol. The third kappa shape index (κ3) is 7.11. The molecule has 35 heavy (non-hydrogen) atoms. The van der Waals surface area contributed by atoms with E-state index in [1.54, 1.807) is 48.5 Å². The van der Waals surface area contributed by atoms with Crippen LogP contribution in [0.2, 0.25) is 5.02 Å². The fraction of sp³-hybridized carbons (Fsp3) is 0.217. The number of carboxylic acid groups (broad SMARTS) is 1. The van der Waals surface area contributed by atoms with Crippen LogP contribution in [-0.2, 0) is 22.7 Å². The van der Waals surface area contributed by atoms with E-state index in [0.717, 1.165) is 4.57 Å². The molecule has 5 N–H and O–H groups in total. The zero-order valence-electron chi connectivity index (χ0n) is 18.7. The molecule has 1 atom stereocenters. The molecule has 184 valence electrons. The Morgan fingerprint density at radius 2 is 1.74 bits per heavy atom. The first-order valence-electron chi connectivity index (χ1n) is 10.5. The molecule has 12 heteroatoms. The van der Waals surface area contributed by atoms with Gasteiger partial charge in [0, 0.05) is 11.7 Å². The van der Waals surface area contributed by atoms with Crippen molar-refractivity contribution in [3.8, 4) is 5.88 Å². The van der Waals surface area contributed by atoms with Crippen molar-refractivity contribution in [3.63, 3.8) is 0 Å². The summed E-state index contributed by atoms with van der Waals surface area (Å²) in [5, 5.41) is 27.1. The fourth-order valence-corrected chi connectivity index (χ4v) is 3.48. The Morgan fingerprint density at radius 3 is 2.40 bits per heavy atom. The summed E-state index contributed by atoms with van der Waals surface area (Å²) in [6, 6.07) is 12.4. The highest BCUT2D eigenvalue weighted by molar-refractivity contribution is 6.33. The van der Waals surface area contributed by atoms with E-state index < -0.39 is 42.1 Å². The Bertz CT molecular complexity index is 1280. The minimum Gasteiger partial charge on any atom is -0.493 e. The number of aliphatic carboxylic acids is 1. The number of benzene rings is 2. The van der Waals surface area contributed by atoms with Crippen molar-refractivity contribution in [1.82, 2.24) is 14.5 Å². The number of carboxylic acids is 1. The molecule has 0 bridgehead atoms. The van der Waals surface area contributed by atoms with Crippen molar-refractivity contribution < 1.29 is 24.6 Å². The minimum atomic E-state index is -1.06. The molecule has 0 unspecified atom stereocenters. The van der Waals surface area contributed by atoms with Crippen molar-refractivity contribution >= 4 is 40.9 Å². The summed E-state index contributed by atoms with van der Waals surface area (Å²) in [4.78, 5) is 47.6. The van der Waals surface area contributed by atoms with Crippen LogP contribution in [0.3, 0.4) is 0 Å². The number of urea groups is 1. The summed E-state index contributed by atoms with van der Waals surface area (Å²) in [7, 11) is 0. The lowest BCUT2D eigenvalue weighted by molar-refractivity contribution is -0.137. The lowest BCUT2D eigenvalue weighted by Gasteiger charge is -2.11. The van der Waals surface area contributed by atoms with Crippen LogP contribution in [0.25, 0.3) is 0 Å². The first-order valence-corrected chi connectivity index (χ1v) is 10.9. The Hall–Kier alpha value is -4.25. The molecule has 0 aliphatic carbocycles. The molecule has 0 saturated carbocycles. The second-order valence-electron chi connectivity index (χ2n) is 7.81. The predicted molar refractivity (Wildman–Crippen MR) is 130 cm³/mol. The Labute approximate surface area is 205 Å². The van der Waals surface area contributed by atoms with E-state index in [2.05, 4.69) is 16.0 Å². The summed E-state index contributed by atoms with van der Waals surface area (Å²) in [5.74, 6) is -2.06. The van der Waals surface area contributed by atoms with Crippen LogP contribution >= 0.6 is 11.6 Å². The number of aromatic nitrogens is 2. The molecule has 2 aromatic carbocycles. The van der Waals surface area contributed by atoms with E-state index in [1.807, 2.05) is 0 Å². The number of imidazole rings is 1. The fourth-order valence-electron chi connectivity index (χ4n) is 3.29. The summed E-state index contributed by atoms with van der Waals surface area (Å²) >= 11 is 6.03. The number of carbonyl (C=O) groups excluding carboxylic acids is 2. The molecule has 1 aromatic heterocycles. The van der Waals surface area contributed by atoms with E-state index in [4.69, 9.17) is 16.7 Å². The number of nitrogens with zero attached hydrogens (tertiary/aromatic N) is 2. The number of amides is 3. The number of rotatable bonds is 9. The maximum atomic E-state index is 12.6. The van der Waals surface area contributed by atoms with E-state index in [0.29, 0.717) is 22.0 Å². The maximum absolute atomic E-state index is 12.6. The van der Waals surface area contributed by atoms with Gasteiger partial charge in [-0.15, -0.1) is 0 Å². The van der Waals surface area contributed by atoms with Gasteiger partial charge in [0.15, 0.2) is 0 Å². The normalized spacial score (nSPS) is 11.5. The van der Waals surface area contributed by atoms with Crippen molar-refractivity contribution in [3.05, 3.63) is 75.8 Å². The SMILES string of the molecule is C[C@H](CC(=O)O)NC(=O)Cn1c(O)cn(Cc2ccc(NC(=O)Nc3ccccc3Cl)cc2)c1=O. The molecule has 0 aliphatic rings. The molecule has 11 nitrogen and oxygen atoms in total. The quantitative estimate of drug-likeness (QED) is 0.303. The molecule has 0 spiro atoms. The van der Waals surface area contributed by atoms with Crippen LogP contribution < -0.4 is 21.6 Å². The van der Waals surface area contributed by atoms with Gasteiger partial charge in [0.25, 0.3) is 0 Å². The van der Waals surface area contributed by atoms with Gasteiger partial charge in [-0.1, -0.05) is 35.9 Å². The largest absolute Gasteiger partial charge is 0.493 e. The second-order valence-corrected chi connectivity index (χ2v) is 8.21. The molecule has 3 amide bonds. The molecule has 1 heterocycles. The molecular formula is C23H24ClN5O6. The van der Waals surface area contributed by atoms with E-state index >= 15 is 0 Å². The number of hydrogen-bond donors (Lipinski definition) is 5. The van der Waals surface area contributed by atoms with Crippen LogP contribution in [0, 0.1) is 0 Å². The third-order valence-corrected chi connectivity index (χ3v) is 5.23. The monoisotopic (exact) mass is 501 g/mol. The number of halogens is 1. The van der Waals surface area contributed by atoms with Gasteiger partial charge in [0.1, 0.15) is 6.54 Å². The molecule has 0 aliphatic heterocycles. The van der Waals surface area contributed by atoms with Gasteiger partial charge in [-0.25, -0.2) is 9.59 Å². The molecule has 3 aromatic rings. The number of anilines is 2. The average Bonchev–Trinajstić information content (AvgIpc) is 3.03. The smallest absolute Gasteiger partial charge is 0.331 e. The first kappa shape index (κ1) is 25.4. The van der Waals surface area contributed by atoms with Gasteiger partial charge in [-0.3, -0.25) is 18.7 Å². The topological polar surface area (TPSA) is 155 Å². The zero-order chi connectivity index (χ0) is 25.5.